The van der Waals surface area contributed by atoms with Gasteiger partial charge in [0.15, 0.2) is 6.61 Å². The summed E-state index contributed by atoms with van der Waals surface area (Å²) in [7, 11) is 0. The van der Waals surface area contributed by atoms with Crippen LogP contribution in [0.5, 0.6) is 0 Å². The molecular formula is C20H25N3O5. The third kappa shape index (κ3) is 4.16. The maximum absolute atomic E-state index is 12.4. The molecule has 28 heavy (non-hydrogen) atoms. The lowest BCUT2D eigenvalue weighted by molar-refractivity contribution is -0.148. The molecule has 0 spiro atoms. The van der Waals surface area contributed by atoms with Crippen molar-refractivity contribution in [2.75, 3.05) is 24.6 Å². The fourth-order valence-electron chi connectivity index (χ4n) is 3.49. The van der Waals surface area contributed by atoms with E-state index < -0.39 is 17.5 Å². The molecule has 8 heteroatoms. The molecule has 1 fully saturated rings. The topological polar surface area (TPSA) is 96.0 Å². The molecule has 0 aromatic heterocycles. The smallest absolute Gasteiger partial charge is 0.325 e. The minimum absolute atomic E-state index is 0.0291. The van der Waals surface area contributed by atoms with Crippen LogP contribution in [-0.4, -0.2) is 54.0 Å². The van der Waals surface area contributed by atoms with Crippen LogP contribution < -0.4 is 10.2 Å². The number of hydrogen-bond acceptors (Lipinski definition) is 5. The monoisotopic (exact) mass is 387 g/mol. The number of rotatable bonds is 6. The number of nitrogens with one attached hydrogen (secondary N) is 1. The molecule has 3 rings (SSSR count). The van der Waals surface area contributed by atoms with Gasteiger partial charge in [0.05, 0.1) is 0 Å². The quantitative estimate of drug-likeness (QED) is 0.591. The predicted octanol–water partition coefficient (Wildman–Crippen LogP) is 1.62. The molecule has 0 saturated carbocycles. The fourth-order valence-corrected chi connectivity index (χ4v) is 3.49. The lowest BCUT2D eigenvalue weighted by Gasteiger charge is -2.29. The zero-order valence-electron chi connectivity index (χ0n) is 16.2. The number of para-hydroxylation sites is 1. The van der Waals surface area contributed by atoms with Crippen LogP contribution in [0.4, 0.5) is 10.5 Å². The van der Waals surface area contributed by atoms with Crippen molar-refractivity contribution in [1.29, 1.82) is 0 Å². The van der Waals surface area contributed by atoms with Gasteiger partial charge in [0.1, 0.15) is 5.54 Å². The van der Waals surface area contributed by atoms with Gasteiger partial charge in [-0.25, -0.2) is 4.79 Å². The van der Waals surface area contributed by atoms with Gasteiger partial charge in [-0.2, -0.15) is 0 Å². The molecular weight excluding hydrogens is 362 g/mol. The minimum atomic E-state index is -0.922. The first-order valence-electron chi connectivity index (χ1n) is 9.47. The molecule has 0 aliphatic carbocycles. The van der Waals surface area contributed by atoms with Gasteiger partial charge in [-0.3, -0.25) is 19.3 Å². The number of nitrogens with zero attached hydrogens (tertiary/aromatic N) is 2. The van der Waals surface area contributed by atoms with Crippen molar-refractivity contribution in [3.8, 4) is 0 Å². The first-order valence-corrected chi connectivity index (χ1v) is 9.47. The highest BCUT2D eigenvalue weighted by atomic mass is 16.5. The Bertz CT molecular complexity index is 805. The maximum atomic E-state index is 12.4. The molecule has 2 aliphatic rings. The van der Waals surface area contributed by atoms with Crippen molar-refractivity contribution in [3.05, 3.63) is 29.8 Å². The molecule has 2 heterocycles. The first kappa shape index (κ1) is 19.9. The third-order valence-electron chi connectivity index (χ3n) is 4.97. The minimum Gasteiger partial charge on any atom is -0.456 e. The molecule has 8 nitrogen and oxygen atoms in total. The summed E-state index contributed by atoms with van der Waals surface area (Å²) in [6, 6.07) is 7.26. The Morgan fingerprint density at radius 3 is 2.68 bits per heavy atom. The van der Waals surface area contributed by atoms with Crippen molar-refractivity contribution < 1.29 is 23.9 Å². The number of urea groups is 1. The van der Waals surface area contributed by atoms with Crippen LogP contribution in [0.15, 0.2) is 24.3 Å². The molecule has 2 aliphatic heterocycles. The van der Waals surface area contributed by atoms with Gasteiger partial charge >= 0.3 is 12.0 Å². The Kier molecular flexibility index (Phi) is 5.67. The maximum Gasteiger partial charge on any atom is 0.325 e. The second kappa shape index (κ2) is 8.00. The molecule has 1 aromatic rings. The SMILES string of the molecule is CC1(C)NC(=O)N(CCCC(=O)OCC(=O)N2CCCc3ccccc32)C1=O. The number of carbonyl (C=O) groups excluding carboxylic acids is 4. The van der Waals surface area contributed by atoms with Gasteiger partial charge in [0, 0.05) is 25.2 Å². The molecule has 1 aromatic carbocycles. The highest BCUT2D eigenvalue weighted by Crippen LogP contribution is 2.26. The van der Waals surface area contributed by atoms with Gasteiger partial charge in [0.2, 0.25) is 0 Å². The number of imide groups is 1. The molecule has 150 valence electrons. The van der Waals surface area contributed by atoms with E-state index in [1.54, 1.807) is 18.7 Å². The third-order valence-corrected chi connectivity index (χ3v) is 4.97. The van der Waals surface area contributed by atoms with E-state index >= 15 is 0 Å². The predicted molar refractivity (Wildman–Crippen MR) is 102 cm³/mol. The van der Waals surface area contributed by atoms with Crippen molar-refractivity contribution >= 4 is 29.5 Å². The summed E-state index contributed by atoms with van der Waals surface area (Å²) in [6.07, 6.45) is 2.12. The van der Waals surface area contributed by atoms with Crippen LogP contribution in [0.3, 0.4) is 0 Å². The Labute approximate surface area is 163 Å². The summed E-state index contributed by atoms with van der Waals surface area (Å²) in [5.41, 5.74) is 1.07. The largest absolute Gasteiger partial charge is 0.456 e. The number of esters is 1. The molecule has 0 radical (unpaired) electrons. The van der Waals surface area contributed by atoms with Crippen molar-refractivity contribution in [1.82, 2.24) is 10.2 Å². The molecule has 1 saturated heterocycles. The van der Waals surface area contributed by atoms with Crippen LogP contribution in [0.1, 0.15) is 38.7 Å². The summed E-state index contributed by atoms with van der Waals surface area (Å²) >= 11 is 0. The summed E-state index contributed by atoms with van der Waals surface area (Å²) in [4.78, 5) is 51.0. The molecule has 1 N–H and O–H groups in total. The van der Waals surface area contributed by atoms with Crippen molar-refractivity contribution in [2.45, 2.75) is 45.1 Å². The van der Waals surface area contributed by atoms with E-state index in [1.807, 2.05) is 24.3 Å². The van der Waals surface area contributed by atoms with E-state index in [1.165, 1.54) is 0 Å². The average molecular weight is 387 g/mol. The van der Waals surface area contributed by atoms with Gasteiger partial charge in [-0.1, -0.05) is 18.2 Å². The zero-order valence-corrected chi connectivity index (χ0v) is 16.2. The summed E-state index contributed by atoms with van der Waals surface area (Å²) in [6.45, 7) is 3.69. The van der Waals surface area contributed by atoms with Gasteiger partial charge in [-0.05, 0) is 44.7 Å². The molecule has 0 atom stereocenters. The van der Waals surface area contributed by atoms with E-state index in [2.05, 4.69) is 5.32 Å². The number of fused-ring (bicyclic) bond motifs is 1. The Morgan fingerprint density at radius 2 is 1.96 bits per heavy atom. The normalized spacial score (nSPS) is 17.9. The van der Waals surface area contributed by atoms with Crippen LogP contribution in [0.2, 0.25) is 0 Å². The lowest BCUT2D eigenvalue weighted by atomic mass is 10.0. The lowest BCUT2D eigenvalue weighted by Crippen LogP contribution is -2.40. The molecule has 0 unspecified atom stereocenters. The van der Waals surface area contributed by atoms with Gasteiger partial charge in [0.25, 0.3) is 11.8 Å². The Hall–Kier alpha value is -2.90. The fraction of sp³-hybridized carbons (Fsp3) is 0.500. The van der Waals surface area contributed by atoms with Crippen LogP contribution in [0.25, 0.3) is 0 Å². The number of benzene rings is 1. The van der Waals surface area contributed by atoms with Crippen molar-refractivity contribution in [2.24, 2.45) is 0 Å². The number of aryl methyl sites for hydroxylation is 1. The standard InChI is InChI=1S/C20H25N3O5/c1-20(2)18(26)23(19(27)21-20)12-6-10-17(25)28-13-16(24)22-11-5-8-14-7-3-4-9-15(14)22/h3-4,7,9H,5-6,8,10-13H2,1-2H3,(H,21,27). The van der Waals surface area contributed by atoms with Crippen LogP contribution in [-0.2, 0) is 25.5 Å². The number of carbonyl (C=O) groups is 4. The van der Waals surface area contributed by atoms with Gasteiger partial charge < -0.3 is 15.0 Å². The van der Waals surface area contributed by atoms with E-state index in [4.69, 9.17) is 4.74 Å². The van der Waals surface area contributed by atoms with Gasteiger partial charge in [-0.15, -0.1) is 0 Å². The average Bonchev–Trinajstić information content (AvgIpc) is 2.87. The highest BCUT2D eigenvalue weighted by molar-refractivity contribution is 6.06. The highest BCUT2D eigenvalue weighted by Gasteiger charge is 2.43. The summed E-state index contributed by atoms with van der Waals surface area (Å²) < 4.78 is 5.10. The molecule has 4 amide bonds. The van der Waals surface area contributed by atoms with Crippen LogP contribution in [0, 0.1) is 0 Å². The Morgan fingerprint density at radius 1 is 1.21 bits per heavy atom. The van der Waals surface area contributed by atoms with E-state index in [-0.39, 0.29) is 37.8 Å². The number of anilines is 1. The van der Waals surface area contributed by atoms with E-state index in [0.29, 0.717) is 6.54 Å². The number of ether oxygens (including phenoxy) is 1. The second-order valence-electron chi connectivity index (χ2n) is 7.55. The number of hydrogen-bond donors (Lipinski definition) is 1. The number of amides is 4. The first-order chi connectivity index (χ1) is 13.3. The zero-order chi connectivity index (χ0) is 20.3. The van der Waals surface area contributed by atoms with E-state index in [9.17, 15) is 19.2 Å². The second-order valence-corrected chi connectivity index (χ2v) is 7.55. The Balaban J connectivity index is 1.43. The summed E-state index contributed by atoms with van der Waals surface area (Å²) in [5, 5.41) is 2.59. The molecule has 0 bridgehead atoms. The van der Waals surface area contributed by atoms with E-state index in [0.717, 1.165) is 29.0 Å². The summed E-state index contributed by atoms with van der Waals surface area (Å²) in [5.74, 6) is -1.09. The van der Waals surface area contributed by atoms with Crippen LogP contribution >= 0.6 is 0 Å². The van der Waals surface area contributed by atoms with Crippen molar-refractivity contribution in [3.63, 3.8) is 0 Å².